The molecule has 134 valence electrons. The minimum absolute atomic E-state index is 0.302. The van der Waals surface area contributed by atoms with Crippen molar-refractivity contribution in [2.24, 2.45) is 17.8 Å². The van der Waals surface area contributed by atoms with Crippen molar-refractivity contribution in [2.45, 2.75) is 84.9 Å². The molecule has 3 heteroatoms. The summed E-state index contributed by atoms with van der Waals surface area (Å²) in [5.41, 5.74) is 0. The van der Waals surface area contributed by atoms with Crippen molar-refractivity contribution in [3.8, 4) is 0 Å². The van der Waals surface area contributed by atoms with Gasteiger partial charge >= 0.3 is 0 Å². The van der Waals surface area contributed by atoms with Gasteiger partial charge in [-0.3, -0.25) is 0 Å². The van der Waals surface area contributed by atoms with Crippen molar-refractivity contribution >= 4 is 11.6 Å². The van der Waals surface area contributed by atoms with Gasteiger partial charge in [0.25, 0.3) is 0 Å². The molecule has 0 radical (unpaired) electrons. The normalized spacial score (nSPS) is 17.2. The molecule has 0 heterocycles. The summed E-state index contributed by atoms with van der Waals surface area (Å²) in [5.74, 6) is 2.30. The maximum atomic E-state index is 6.08. The van der Waals surface area contributed by atoms with Crippen LogP contribution >= 0.6 is 11.6 Å². The van der Waals surface area contributed by atoms with Gasteiger partial charge in [0.2, 0.25) is 0 Å². The molecule has 0 N–H and O–H groups in total. The molecular formula is C19H39ClO2. The predicted molar refractivity (Wildman–Crippen MR) is 97.6 cm³/mol. The Labute approximate surface area is 144 Å². The van der Waals surface area contributed by atoms with E-state index < -0.39 is 0 Å². The minimum atomic E-state index is 0.302. The van der Waals surface area contributed by atoms with E-state index in [1.54, 1.807) is 0 Å². The number of hydrogen-bond acceptors (Lipinski definition) is 2. The molecule has 0 spiro atoms. The number of ether oxygens (including phenoxy) is 2. The Hall–Kier alpha value is 0.210. The number of hydrogen-bond donors (Lipinski definition) is 0. The van der Waals surface area contributed by atoms with E-state index in [0.29, 0.717) is 12.2 Å². The van der Waals surface area contributed by atoms with Gasteiger partial charge in [-0.15, -0.1) is 11.6 Å². The molecule has 4 atom stereocenters. The summed E-state index contributed by atoms with van der Waals surface area (Å²) in [5, 5.41) is 0.302. The van der Waals surface area contributed by atoms with E-state index in [0.717, 1.165) is 50.2 Å². The van der Waals surface area contributed by atoms with E-state index in [1.807, 2.05) is 0 Å². The zero-order valence-electron chi connectivity index (χ0n) is 15.6. The molecule has 0 aromatic rings. The van der Waals surface area contributed by atoms with Crippen LogP contribution in [0.3, 0.4) is 0 Å². The molecule has 22 heavy (non-hydrogen) atoms. The Kier molecular flexibility index (Phi) is 14.9. The fraction of sp³-hybridized carbons (Fsp3) is 1.00. The molecule has 0 aliphatic heterocycles. The van der Waals surface area contributed by atoms with Crippen LogP contribution in [0.25, 0.3) is 0 Å². The highest BCUT2D eigenvalue weighted by atomic mass is 35.5. The predicted octanol–water partition coefficient (Wildman–Crippen LogP) is 6.26. The Morgan fingerprint density at radius 1 is 0.773 bits per heavy atom. The summed E-state index contributed by atoms with van der Waals surface area (Å²) < 4.78 is 10.9. The lowest BCUT2D eigenvalue weighted by molar-refractivity contribution is -0.0558. The zero-order chi connectivity index (χ0) is 16.8. The van der Waals surface area contributed by atoms with E-state index in [1.165, 1.54) is 25.7 Å². The van der Waals surface area contributed by atoms with Gasteiger partial charge in [0.1, 0.15) is 6.79 Å². The van der Waals surface area contributed by atoms with Gasteiger partial charge in [0.05, 0.1) is 0 Å². The van der Waals surface area contributed by atoms with Gasteiger partial charge in [0.15, 0.2) is 0 Å². The van der Waals surface area contributed by atoms with Crippen LogP contribution in [-0.2, 0) is 9.47 Å². The second kappa shape index (κ2) is 14.8. The van der Waals surface area contributed by atoms with Gasteiger partial charge in [-0.05, 0) is 63.2 Å². The molecule has 0 saturated heterocycles. The molecule has 0 saturated carbocycles. The SMILES string of the molecule is CCCCOCOCCCC(C)CC(C)CC(C)CC(C)Cl. The smallest absolute Gasteiger partial charge is 0.146 e. The molecule has 0 aromatic carbocycles. The fourth-order valence-electron chi connectivity index (χ4n) is 3.20. The second-order valence-electron chi connectivity index (χ2n) is 7.23. The fourth-order valence-corrected chi connectivity index (χ4v) is 3.50. The van der Waals surface area contributed by atoms with Crippen LogP contribution in [0.2, 0.25) is 0 Å². The Balaban J connectivity index is 3.49. The van der Waals surface area contributed by atoms with Gasteiger partial charge in [-0.2, -0.15) is 0 Å². The first-order chi connectivity index (χ1) is 10.5. The van der Waals surface area contributed by atoms with E-state index in [4.69, 9.17) is 21.1 Å². The molecule has 2 nitrogen and oxygen atoms in total. The quantitative estimate of drug-likeness (QED) is 0.200. The summed E-state index contributed by atoms with van der Waals surface area (Å²) in [6.07, 6.45) is 8.43. The zero-order valence-corrected chi connectivity index (χ0v) is 16.3. The molecule has 0 aliphatic carbocycles. The van der Waals surface area contributed by atoms with Crippen LogP contribution in [0.4, 0.5) is 0 Å². The van der Waals surface area contributed by atoms with Gasteiger partial charge in [0, 0.05) is 18.6 Å². The van der Waals surface area contributed by atoms with E-state index in [-0.39, 0.29) is 0 Å². The van der Waals surface area contributed by atoms with Crippen molar-refractivity contribution in [3.05, 3.63) is 0 Å². The lowest BCUT2D eigenvalue weighted by atomic mass is 9.86. The van der Waals surface area contributed by atoms with Crippen molar-refractivity contribution in [1.29, 1.82) is 0 Å². The standard InChI is InChI=1S/C19H39ClO2/c1-6-7-10-21-15-22-11-8-9-16(2)12-17(3)13-18(4)14-19(5)20/h16-19H,6-15H2,1-5H3. The van der Waals surface area contributed by atoms with Crippen LogP contribution in [0.15, 0.2) is 0 Å². The highest BCUT2D eigenvalue weighted by Gasteiger charge is 2.14. The summed E-state index contributed by atoms with van der Waals surface area (Å²) in [6.45, 7) is 13.4. The number of halogens is 1. The molecule has 0 aromatic heterocycles. The summed E-state index contributed by atoms with van der Waals surface area (Å²) in [7, 11) is 0. The molecular weight excluding hydrogens is 296 g/mol. The molecule has 0 rings (SSSR count). The topological polar surface area (TPSA) is 18.5 Å². The lowest BCUT2D eigenvalue weighted by Gasteiger charge is -2.21. The third-order valence-corrected chi connectivity index (χ3v) is 4.31. The summed E-state index contributed by atoms with van der Waals surface area (Å²) >= 11 is 6.08. The van der Waals surface area contributed by atoms with Crippen molar-refractivity contribution < 1.29 is 9.47 Å². The van der Waals surface area contributed by atoms with Crippen LogP contribution in [-0.4, -0.2) is 25.4 Å². The van der Waals surface area contributed by atoms with Crippen LogP contribution in [0.5, 0.6) is 0 Å². The molecule has 4 unspecified atom stereocenters. The van der Waals surface area contributed by atoms with Crippen LogP contribution < -0.4 is 0 Å². The van der Waals surface area contributed by atoms with Gasteiger partial charge in [-0.25, -0.2) is 0 Å². The first-order valence-corrected chi connectivity index (χ1v) is 9.68. The van der Waals surface area contributed by atoms with Gasteiger partial charge in [-0.1, -0.05) is 34.1 Å². The molecule has 0 aliphatic rings. The highest BCUT2D eigenvalue weighted by molar-refractivity contribution is 6.20. The van der Waals surface area contributed by atoms with E-state index >= 15 is 0 Å². The first-order valence-electron chi connectivity index (χ1n) is 9.25. The summed E-state index contributed by atoms with van der Waals surface area (Å²) in [4.78, 5) is 0. The lowest BCUT2D eigenvalue weighted by Crippen LogP contribution is -2.11. The van der Waals surface area contributed by atoms with Crippen LogP contribution in [0, 0.1) is 17.8 Å². The highest BCUT2D eigenvalue weighted by Crippen LogP contribution is 2.25. The third kappa shape index (κ3) is 15.1. The van der Waals surface area contributed by atoms with Crippen molar-refractivity contribution in [3.63, 3.8) is 0 Å². The van der Waals surface area contributed by atoms with E-state index in [2.05, 4.69) is 34.6 Å². The number of alkyl halides is 1. The Morgan fingerprint density at radius 2 is 1.32 bits per heavy atom. The molecule has 0 amide bonds. The summed E-state index contributed by atoms with van der Waals surface area (Å²) in [6, 6.07) is 0. The number of rotatable bonds is 15. The van der Waals surface area contributed by atoms with Gasteiger partial charge < -0.3 is 9.47 Å². The largest absolute Gasteiger partial charge is 0.355 e. The molecule has 0 fully saturated rings. The maximum Gasteiger partial charge on any atom is 0.146 e. The third-order valence-electron chi connectivity index (χ3n) is 4.13. The second-order valence-corrected chi connectivity index (χ2v) is 7.98. The maximum absolute atomic E-state index is 6.08. The first kappa shape index (κ1) is 22.2. The minimum Gasteiger partial charge on any atom is -0.355 e. The van der Waals surface area contributed by atoms with Crippen molar-refractivity contribution in [1.82, 2.24) is 0 Å². The average Bonchev–Trinajstić information content (AvgIpc) is 2.40. The monoisotopic (exact) mass is 334 g/mol. The van der Waals surface area contributed by atoms with E-state index in [9.17, 15) is 0 Å². The van der Waals surface area contributed by atoms with Crippen LogP contribution in [0.1, 0.15) is 79.6 Å². The number of unbranched alkanes of at least 4 members (excludes halogenated alkanes) is 1. The molecule has 0 bridgehead atoms. The Morgan fingerprint density at radius 3 is 1.91 bits per heavy atom. The van der Waals surface area contributed by atoms with Crippen molar-refractivity contribution in [2.75, 3.05) is 20.0 Å². The average molecular weight is 335 g/mol. The Bertz CT molecular complexity index is 233.